The molecule has 0 atom stereocenters. The first-order valence-electron chi connectivity index (χ1n) is 4.54. The number of ketones is 1. The van der Waals surface area contributed by atoms with Gasteiger partial charge < -0.3 is 0 Å². The van der Waals surface area contributed by atoms with Gasteiger partial charge in [0.05, 0.1) is 0 Å². The van der Waals surface area contributed by atoms with Gasteiger partial charge in [-0.15, -0.1) is 0 Å². The number of hydrogen-bond acceptors (Lipinski definition) is 1. The first-order valence-corrected chi connectivity index (χ1v) is 4.54. The van der Waals surface area contributed by atoms with Crippen LogP contribution in [0, 0.1) is 0 Å². The minimum absolute atomic E-state index is 0.0684. The summed E-state index contributed by atoms with van der Waals surface area (Å²) in [6, 6.07) is 0. The van der Waals surface area contributed by atoms with Crippen molar-refractivity contribution in [3.05, 3.63) is 0 Å². The third-order valence-electron chi connectivity index (χ3n) is 1.69. The molecule has 0 spiro atoms. The zero-order valence-corrected chi connectivity index (χ0v) is 7.78. The monoisotopic (exact) mass is 196 g/mol. The van der Waals surface area contributed by atoms with Gasteiger partial charge in [-0.1, -0.05) is 6.92 Å². The molecule has 0 saturated heterocycles. The highest BCUT2D eigenvalue weighted by Crippen LogP contribution is 2.22. The molecule has 4 heteroatoms. The Morgan fingerprint density at radius 3 is 2.23 bits per heavy atom. The summed E-state index contributed by atoms with van der Waals surface area (Å²) >= 11 is 0. The summed E-state index contributed by atoms with van der Waals surface area (Å²) in [4.78, 5) is 10.9. The maximum atomic E-state index is 11.6. The molecule has 0 unspecified atom stereocenters. The molecule has 0 aromatic rings. The fraction of sp³-hybridized carbons (Fsp3) is 0.889. The lowest BCUT2D eigenvalue weighted by atomic mass is 10.1. The fourth-order valence-electron chi connectivity index (χ4n) is 1.05. The van der Waals surface area contributed by atoms with Crippen LogP contribution in [0.1, 0.15) is 45.4 Å². The van der Waals surface area contributed by atoms with Crippen molar-refractivity contribution in [2.45, 2.75) is 51.6 Å². The number of hydrogen-bond donors (Lipinski definition) is 0. The van der Waals surface area contributed by atoms with Crippen LogP contribution in [0.2, 0.25) is 0 Å². The molecule has 0 aromatic heterocycles. The summed E-state index contributed by atoms with van der Waals surface area (Å²) in [6.45, 7) is 1.88. The van der Waals surface area contributed by atoms with E-state index in [1.54, 1.807) is 0 Å². The Kier molecular flexibility index (Phi) is 5.75. The standard InChI is InChI=1S/C9H15F3O/c1-2-5-8(13)6-3-4-7-9(10,11)12/h2-7H2,1H3. The summed E-state index contributed by atoms with van der Waals surface area (Å²) in [5.41, 5.74) is 0. The summed E-state index contributed by atoms with van der Waals surface area (Å²) in [6.07, 6.45) is -2.86. The van der Waals surface area contributed by atoms with E-state index in [1.807, 2.05) is 6.92 Å². The van der Waals surface area contributed by atoms with E-state index in [1.165, 1.54) is 0 Å². The van der Waals surface area contributed by atoms with E-state index in [0.29, 0.717) is 19.3 Å². The Morgan fingerprint density at radius 2 is 1.77 bits per heavy atom. The van der Waals surface area contributed by atoms with E-state index in [-0.39, 0.29) is 12.2 Å². The number of halogens is 3. The van der Waals surface area contributed by atoms with Gasteiger partial charge in [-0.25, -0.2) is 0 Å². The van der Waals surface area contributed by atoms with Crippen LogP contribution in [0.25, 0.3) is 0 Å². The van der Waals surface area contributed by atoms with Crippen molar-refractivity contribution in [1.82, 2.24) is 0 Å². The van der Waals surface area contributed by atoms with E-state index in [2.05, 4.69) is 0 Å². The van der Waals surface area contributed by atoms with Gasteiger partial charge >= 0.3 is 6.18 Å². The highest BCUT2D eigenvalue weighted by Gasteiger charge is 2.25. The molecule has 0 amide bonds. The molecule has 1 nitrogen and oxygen atoms in total. The lowest BCUT2D eigenvalue weighted by Gasteiger charge is -2.04. The number of alkyl halides is 3. The average Bonchev–Trinajstić information content (AvgIpc) is 1.97. The van der Waals surface area contributed by atoms with Crippen LogP contribution in [0.15, 0.2) is 0 Å². The first kappa shape index (κ1) is 12.5. The minimum Gasteiger partial charge on any atom is -0.300 e. The third-order valence-corrected chi connectivity index (χ3v) is 1.69. The third kappa shape index (κ3) is 9.37. The molecule has 0 fully saturated rings. The quantitative estimate of drug-likeness (QED) is 0.594. The van der Waals surface area contributed by atoms with E-state index in [0.717, 1.165) is 6.42 Å². The Morgan fingerprint density at radius 1 is 1.15 bits per heavy atom. The van der Waals surface area contributed by atoms with Gasteiger partial charge in [0.1, 0.15) is 5.78 Å². The molecule has 0 aliphatic carbocycles. The Balaban J connectivity index is 3.31. The second kappa shape index (κ2) is 6.00. The van der Waals surface area contributed by atoms with Crippen LogP contribution in [-0.4, -0.2) is 12.0 Å². The van der Waals surface area contributed by atoms with Gasteiger partial charge in [-0.3, -0.25) is 4.79 Å². The van der Waals surface area contributed by atoms with Gasteiger partial charge in [0.15, 0.2) is 0 Å². The van der Waals surface area contributed by atoms with Gasteiger partial charge in [0.25, 0.3) is 0 Å². The average molecular weight is 196 g/mol. The second-order valence-corrected chi connectivity index (χ2v) is 3.11. The van der Waals surface area contributed by atoms with Crippen molar-refractivity contribution in [3.8, 4) is 0 Å². The Labute approximate surface area is 76.3 Å². The highest BCUT2D eigenvalue weighted by molar-refractivity contribution is 5.78. The molecule has 0 N–H and O–H groups in total. The van der Waals surface area contributed by atoms with E-state index < -0.39 is 12.6 Å². The SMILES string of the molecule is CCCC(=O)CCCCC(F)(F)F. The zero-order valence-electron chi connectivity index (χ0n) is 7.78. The number of carbonyl (C=O) groups excluding carboxylic acids is 1. The highest BCUT2D eigenvalue weighted by atomic mass is 19.4. The van der Waals surface area contributed by atoms with Crippen LogP contribution in [0.5, 0.6) is 0 Å². The molecule has 0 aliphatic heterocycles. The fourth-order valence-corrected chi connectivity index (χ4v) is 1.05. The van der Waals surface area contributed by atoms with Crippen LogP contribution in [0.4, 0.5) is 13.2 Å². The van der Waals surface area contributed by atoms with E-state index in [4.69, 9.17) is 0 Å². The van der Waals surface area contributed by atoms with Gasteiger partial charge in [-0.2, -0.15) is 13.2 Å². The van der Waals surface area contributed by atoms with Crippen molar-refractivity contribution in [3.63, 3.8) is 0 Å². The van der Waals surface area contributed by atoms with Crippen LogP contribution in [0.3, 0.4) is 0 Å². The van der Waals surface area contributed by atoms with Crippen molar-refractivity contribution in [1.29, 1.82) is 0 Å². The minimum atomic E-state index is -4.08. The normalized spacial score (nSPS) is 11.7. The summed E-state index contributed by atoms with van der Waals surface area (Å²) in [7, 11) is 0. The van der Waals surface area contributed by atoms with Crippen LogP contribution < -0.4 is 0 Å². The van der Waals surface area contributed by atoms with Crippen molar-refractivity contribution >= 4 is 5.78 Å². The summed E-state index contributed by atoms with van der Waals surface area (Å²) in [5, 5.41) is 0. The number of rotatable bonds is 6. The molecule has 0 saturated carbocycles. The first-order chi connectivity index (χ1) is 5.95. The summed E-state index contributed by atoms with van der Waals surface area (Å²) < 4.78 is 34.9. The lowest BCUT2D eigenvalue weighted by molar-refractivity contribution is -0.136. The van der Waals surface area contributed by atoms with E-state index >= 15 is 0 Å². The molecular formula is C9H15F3O. The zero-order chi connectivity index (χ0) is 10.3. The molecule has 0 aliphatic rings. The molecule has 13 heavy (non-hydrogen) atoms. The lowest BCUT2D eigenvalue weighted by Crippen LogP contribution is -2.07. The maximum Gasteiger partial charge on any atom is 0.389 e. The molecule has 78 valence electrons. The molecular weight excluding hydrogens is 181 g/mol. The predicted octanol–water partition coefficient (Wildman–Crippen LogP) is 3.48. The largest absolute Gasteiger partial charge is 0.389 e. The van der Waals surface area contributed by atoms with Crippen molar-refractivity contribution in [2.24, 2.45) is 0 Å². The Hall–Kier alpha value is -0.540. The smallest absolute Gasteiger partial charge is 0.300 e. The number of carbonyl (C=O) groups is 1. The van der Waals surface area contributed by atoms with E-state index in [9.17, 15) is 18.0 Å². The van der Waals surface area contributed by atoms with Crippen LogP contribution >= 0.6 is 0 Å². The second-order valence-electron chi connectivity index (χ2n) is 3.11. The Bertz CT molecular complexity index is 151. The number of unbranched alkanes of at least 4 members (excludes halogenated alkanes) is 1. The van der Waals surface area contributed by atoms with Gasteiger partial charge in [-0.05, 0) is 19.3 Å². The van der Waals surface area contributed by atoms with Gasteiger partial charge in [0.2, 0.25) is 0 Å². The van der Waals surface area contributed by atoms with Crippen molar-refractivity contribution in [2.75, 3.05) is 0 Å². The van der Waals surface area contributed by atoms with Gasteiger partial charge in [0, 0.05) is 19.3 Å². The molecule has 0 radical (unpaired) electrons. The molecule has 0 bridgehead atoms. The molecule has 0 heterocycles. The van der Waals surface area contributed by atoms with Crippen molar-refractivity contribution < 1.29 is 18.0 Å². The summed E-state index contributed by atoms with van der Waals surface area (Å²) in [5.74, 6) is 0.0738. The molecule has 0 aromatic carbocycles. The maximum absolute atomic E-state index is 11.6. The topological polar surface area (TPSA) is 17.1 Å². The predicted molar refractivity (Wildman–Crippen MR) is 44.4 cm³/mol. The van der Waals surface area contributed by atoms with Crippen LogP contribution in [-0.2, 0) is 4.79 Å². The molecule has 0 rings (SSSR count). The number of Topliss-reactive ketones (excluding diaryl/α,β-unsaturated/α-hetero) is 1.